The number of aromatic amines is 1. The summed E-state index contributed by atoms with van der Waals surface area (Å²) < 4.78 is 6.99. The Morgan fingerprint density at radius 2 is 2.20 bits per heavy atom. The van der Waals surface area contributed by atoms with Gasteiger partial charge in [-0.2, -0.15) is 5.10 Å². The van der Waals surface area contributed by atoms with Crippen molar-refractivity contribution in [2.24, 2.45) is 11.8 Å². The third-order valence-electron chi connectivity index (χ3n) is 5.14. The van der Waals surface area contributed by atoms with Gasteiger partial charge in [0, 0.05) is 26.1 Å². The minimum atomic E-state index is -0.189. The van der Waals surface area contributed by atoms with Crippen LogP contribution in [-0.4, -0.2) is 51.9 Å². The van der Waals surface area contributed by atoms with E-state index in [-0.39, 0.29) is 17.5 Å². The lowest BCUT2D eigenvalue weighted by Crippen LogP contribution is -2.42. The molecule has 2 aromatic heterocycles. The predicted molar refractivity (Wildman–Crippen MR) is 94.0 cm³/mol. The number of hydrogen-bond donors (Lipinski definition) is 1. The number of carbonyl (C=O) groups excluding carboxylic acids is 1. The van der Waals surface area contributed by atoms with Crippen molar-refractivity contribution in [3.8, 4) is 5.00 Å². The molecule has 4 heterocycles. The van der Waals surface area contributed by atoms with E-state index in [0.29, 0.717) is 19.1 Å². The van der Waals surface area contributed by atoms with Crippen LogP contribution in [0.1, 0.15) is 25.1 Å². The topological polar surface area (TPSA) is 80.2 Å². The number of thiophene rings is 1. The molecule has 25 heavy (non-hydrogen) atoms. The zero-order chi connectivity index (χ0) is 17.2. The van der Waals surface area contributed by atoms with Crippen molar-refractivity contribution in [3.63, 3.8) is 0 Å². The Hall–Kier alpha value is -1.93. The molecule has 0 aliphatic carbocycles. The number of aromatic nitrogens is 3. The SMILES string of the molecule is O=C(C1CCOC1)N1CCC(Cc2n[nH]c(=O)n2-c2cccs2)CC1. The van der Waals surface area contributed by atoms with Crippen LogP contribution in [0, 0.1) is 11.8 Å². The van der Waals surface area contributed by atoms with Crippen molar-refractivity contribution in [3.05, 3.63) is 33.8 Å². The third kappa shape index (κ3) is 3.41. The average Bonchev–Trinajstić information content (AvgIpc) is 3.37. The highest BCUT2D eigenvalue weighted by Gasteiger charge is 2.31. The molecule has 2 saturated heterocycles. The summed E-state index contributed by atoms with van der Waals surface area (Å²) >= 11 is 1.53. The first-order chi connectivity index (χ1) is 12.2. The fourth-order valence-electron chi connectivity index (χ4n) is 3.69. The highest BCUT2D eigenvalue weighted by molar-refractivity contribution is 7.12. The smallest absolute Gasteiger partial charge is 0.348 e. The van der Waals surface area contributed by atoms with E-state index in [9.17, 15) is 9.59 Å². The molecule has 0 saturated carbocycles. The Balaban J connectivity index is 1.38. The molecule has 2 fully saturated rings. The molecule has 0 radical (unpaired) electrons. The molecule has 0 spiro atoms. The summed E-state index contributed by atoms with van der Waals surface area (Å²) in [6, 6.07) is 3.86. The molecule has 1 atom stereocenters. The summed E-state index contributed by atoms with van der Waals surface area (Å²) in [6.07, 6.45) is 3.50. The second-order valence-electron chi connectivity index (χ2n) is 6.76. The maximum absolute atomic E-state index is 12.5. The number of carbonyl (C=O) groups is 1. The number of nitrogens with one attached hydrogen (secondary N) is 1. The first kappa shape index (κ1) is 16.5. The highest BCUT2D eigenvalue weighted by Crippen LogP contribution is 2.25. The Labute approximate surface area is 149 Å². The molecule has 134 valence electrons. The van der Waals surface area contributed by atoms with Crippen molar-refractivity contribution in [2.75, 3.05) is 26.3 Å². The van der Waals surface area contributed by atoms with Gasteiger partial charge in [-0.15, -0.1) is 11.3 Å². The lowest BCUT2D eigenvalue weighted by molar-refractivity contribution is -0.136. The van der Waals surface area contributed by atoms with E-state index >= 15 is 0 Å². The minimum absolute atomic E-state index is 0.0481. The van der Waals surface area contributed by atoms with E-state index < -0.39 is 0 Å². The number of likely N-dealkylation sites (tertiary alicyclic amines) is 1. The van der Waals surface area contributed by atoms with Gasteiger partial charge in [-0.25, -0.2) is 14.5 Å². The van der Waals surface area contributed by atoms with Gasteiger partial charge in [-0.3, -0.25) is 4.79 Å². The van der Waals surface area contributed by atoms with Gasteiger partial charge in [0.15, 0.2) is 0 Å². The van der Waals surface area contributed by atoms with E-state index in [1.54, 1.807) is 4.57 Å². The highest BCUT2D eigenvalue weighted by atomic mass is 32.1. The zero-order valence-corrected chi connectivity index (χ0v) is 14.8. The minimum Gasteiger partial charge on any atom is -0.381 e. The van der Waals surface area contributed by atoms with Gasteiger partial charge >= 0.3 is 5.69 Å². The molecule has 2 aromatic rings. The van der Waals surface area contributed by atoms with E-state index in [1.165, 1.54) is 11.3 Å². The van der Waals surface area contributed by atoms with E-state index in [4.69, 9.17) is 4.74 Å². The Morgan fingerprint density at radius 1 is 1.36 bits per heavy atom. The fraction of sp³-hybridized carbons (Fsp3) is 0.588. The second kappa shape index (κ2) is 7.13. The molecular weight excluding hydrogens is 340 g/mol. The molecule has 0 bridgehead atoms. The molecule has 8 heteroatoms. The van der Waals surface area contributed by atoms with Gasteiger partial charge in [0.1, 0.15) is 10.8 Å². The van der Waals surface area contributed by atoms with E-state index in [0.717, 1.165) is 49.6 Å². The van der Waals surface area contributed by atoms with Gasteiger partial charge in [0.25, 0.3) is 0 Å². The number of H-pyrrole nitrogens is 1. The summed E-state index contributed by atoms with van der Waals surface area (Å²) in [7, 11) is 0. The molecule has 2 aliphatic rings. The molecular formula is C17H22N4O3S. The van der Waals surface area contributed by atoms with Crippen molar-refractivity contribution >= 4 is 17.2 Å². The summed E-state index contributed by atoms with van der Waals surface area (Å²) in [5.41, 5.74) is -0.189. The summed E-state index contributed by atoms with van der Waals surface area (Å²) in [6.45, 7) is 2.84. The number of piperidine rings is 1. The van der Waals surface area contributed by atoms with Crippen LogP contribution in [-0.2, 0) is 16.0 Å². The van der Waals surface area contributed by atoms with Crippen molar-refractivity contribution in [2.45, 2.75) is 25.7 Å². The largest absolute Gasteiger partial charge is 0.381 e. The monoisotopic (exact) mass is 362 g/mol. The van der Waals surface area contributed by atoms with Crippen molar-refractivity contribution < 1.29 is 9.53 Å². The fourth-order valence-corrected chi connectivity index (χ4v) is 4.44. The van der Waals surface area contributed by atoms with Crippen molar-refractivity contribution in [1.82, 2.24) is 19.7 Å². The summed E-state index contributed by atoms with van der Waals surface area (Å²) in [4.78, 5) is 26.5. The molecule has 1 amide bonds. The van der Waals surface area contributed by atoms with Crippen LogP contribution in [0.3, 0.4) is 0 Å². The molecule has 0 aromatic carbocycles. The number of rotatable bonds is 4. The van der Waals surface area contributed by atoms with E-state index in [2.05, 4.69) is 10.2 Å². The number of nitrogens with zero attached hydrogens (tertiary/aromatic N) is 3. The summed E-state index contributed by atoms with van der Waals surface area (Å²) in [5, 5.41) is 9.63. The van der Waals surface area contributed by atoms with Crippen LogP contribution in [0.4, 0.5) is 0 Å². The van der Waals surface area contributed by atoms with Gasteiger partial charge < -0.3 is 9.64 Å². The molecule has 4 rings (SSSR count). The Bertz CT molecular complexity index is 768. The predicted octanol–water partition coefficient (Wildman–Crippen LogP) is 1.44. The van der Waals surface area contributed by atoms with Gasteiger partial charge in [0.2, 0.25) is 5.91 Å². The van der Waals surface area contributed by atoms with Crippen LogP contribution in [0.5, 0.6) is 0 Å². The lowest BCUT2D eigenvalue weighted by Gasteiger charge is -2.33. The lowest BCUT2D eigenvalue weighted by atomic mass is 9.92. The Kier molecular flexibility index (Phi) is 4.72. The van der Waals surface area contributed by atoms with Gasteiger partial charge in [0.05, 0.1) is 12.5 Å². The normalized spacial score (nSPS) is 21.8. The summed E-state index contributed by atoms with van der Waals surface area (Å²) in [5.74, 6) is 1.51. The van der Waals surface area contributed by atoms with Crippen LogP contribution in [0.25, 0.3) is 5.00 Å². The standard InChI is InChI=1S/C17H22N4O3S/c22-16(13-5-8-24-11-13)20-6-3-12(4-7-20)10-14-18-19-17(23)21(14)15-2-1-9-25-15/h1-2,9,12-13H,3-8,10-11H2,(H,19,23). The average molecular weight is 362 g/mol. The third-order valence-corrected chi connectivity index (χ3v) is 6.00. The van der Waals surface area contributed by atoms with Crippen LogP contribution >= 0.6 is 11.3 Å². The van der Waals surface area contributed by atoms with Crippen molar-refractivity contribution in [1.29, 1.82) is 0 Å². The molecule has 2 aliphatic heterocycles. The Morgan fingerprint density at radius 3 is 2.88 bits per heavy atom. The van der Waals surface area contributed by atoms with E-state index in [1.807, 2.05) is 22.4 Å². The number of amides is 1. The quantitative estimate of drug-likeness (QED) is 0.892. The zero-order valence-electron chi connectivity index (χ0n) is 14.0. The van der Waals surface area contributed by atoms with Crippen LogP contribution in [0.2, 0.25) is 0 Å². The van der Waals surface area contributed by atoms with Crippen LogP contribution < -0.4 is 5.69 Å². The maximum Gasteiger partial charge on any atom is 0.348 e. The van der Waals surface area contributed by atoms with Crippen LogP contribution in [0.15, 0.2) is 22.3 Å². The maximum atomic E-state index is 12.5. The number of hydrogen-bond acceptors (Lipinski definition) is 5. The number of ether oxygens (including phenoxy) is 1. The second-order valence-corrected chi connectivity index (χ2v) is 7.69. The first-order valence-electron chi connectivity index (χ1n) is 8.79. The first-order valence-corrected chi connectivity index (χ1v) is 9.67. The molecule has 7 nitrogen and oxygen atoms in total. The van der Waals surface area contributed by atoms with Gasteiger partial charge in [-0.1, -0.05) is 0 Å². The molecule has 1 unspecified atom stereocenters. The molecule has 1 N–H and O–H groups in total. The van der Waals surface area contributed by atoms with Gasteiger partial charge in [-0.05, 0) is 42.7 Å².